The minimum Gasteiger partial charge on any atom is -0.396 e. The van der Waals surface area contributed by atoms with Crippen molar-refractivity contribution in [2.24, 2.45) is 5.92 Å². The molecule has 0 aliphatic heterocycles. The molecule has 0 saturated carbocycles. The van der Waals surface area contributed by atoms with Crippen molar-refractivity contribution >= 4 is 11.3 Å². The first-order valence-corrected chi connectivity index (χ1v) is 6.15. The number of nitrogens with zero attached hydrogens (tertiary/aromatic N) is 1. The maximum Gasteiger partial charge on any atom is 0.110 e. The highest BCUT2D eigenvalue weighted by Crippen LogP contribution is 2.19. The Morgan fingerprint density at radius 2 is 2.38 bits per heavy atom. The van der Waals surface area contributed by atoms with Crippen LogP contribution in [-0.4, -0.2) is 17.8 Å². The number of hydrogen-bond donors (Lipinski definition) is 2. The second-order valence-corrected chi connectivity index (χ2v) is 5.10. The Morgan fingerprint density at radius 1 is 1.50 bits per heavy atom. The van der Waals surface area contributed by atoms with Gasteiger partial charge in [0.2, 0.25) is 0 Å². The van der Waals surface area contributed by atoms with Crippen molar-refractivity contribution in [1.82, 2.24) is 5.32 Å². The highest BCUT2D eigenvalue weighted by molar-refractivity contribution is 7.12. The van der Waals surface area contributed by atoms with E-state index in [0.29, 0.717) is 12.0 Å². The van der Waals surface area contributed by atoms with Gasteiger partial charge in [0.1, 0.15) is 10.9 Å². The van der Waals surface area contributed by atoms with Gasteiger partial charge in [0, 0.05) is 30.0 Å². The molecule has 0 amide bonds. The van der Waals surface area contributed by atoms with Gasteiger partial charge in [0.25, 0.3) is 0 Å². The Balaban J connectivity index is 1.80. The molecule has 1 aliphatic rings. The summed E-state index contributed by atoms with van der Waals surface area (Å²) >= 11 is 1.53. The van der Waals surface area contributed by atoms with Crippen LogP contribution in [-0.2, 0) is 6.54 Å². The number of hydrogen-bond acceptors (Lipinski definition) is 4. The predicted octanol–water partition coefficient (Wildman–Crippen LogP) is 1.65. The molecule has 1 heterocycles. The molecule has 84 valence electrons. The smallest absolute Gasteiger partial charge is 0.110 e. The van der Waals surface area contributed by atoms with Crippen LogP contribution in [0.4, 0.5) is 0 Å². The number of nitrogens with one attached hydrogen (secondary N) is 1. The molecule has 0 spiro atoms. The van der Waals surface area contributed by atoms with Crippen LogP contribution in [0.3, 0.4) is 0 Å². The molecule has 3 nitrogen and oxygen atoms in total. The summed E-state index contributed by atoms with van der Waals surface area (Å²) in [6.07, 6.45) is 5.14. The molecule has 2 rings (SSSR count). The van der Waals surface area contributed by atoms with E-state index in [4.69, 9.17) is 10.4 Å². The van der Waals surface area contributed by atoms with E-state index >= 15 is 0 Å². The summed E-state index contributed by atoms with van der Waals surface area (Å²) in [5, 5.41) is 21.1. The Hall–Kier alpha value is -1.15. The van der Waals surface area contributed by atoms with Gasteiger partial charge in [-0.2, -0.15) is 5.26 Å². The lowest BCUT2D eigenvalue weighted by molar-refractivity contribution is 0.246. The van der Waals surface area contributed by atoms with Gasteiger partial charge < -0.3 is 10.4 Å². The highest BCUT2D eigenvalue weighted by Gasteiger charge is 2.17. The quantitative estimate of drug-likeness (QED) is 0.779. The van der Waals surface area contributed by atoms with Crippen molar-refractivity contribution in [2.75, 3.05) is 6.61 Å². The second-order valence-electron chi connectivity index (χ2n) is 3.93. The Kier molecular flexibility index (Phi) is 3.73. The van der Waals surface area contributed by atoms with E-state index in [-0.39, 0.29) is 6.61 Å². The van der Waals surface area contributed by atoms with E-state index < -0.39 is 0 Å². The van der Waals surface area contributed by atoms with Crippen molar-refractivity contribution in [1.29, 1.82) is 5.26 Å². The van der Waals surface area contributed by atoms with Gasteiger partial charge in [-0.15, -0.1) is 11.3 Å². The van der Waals surface area contributed by atoms with Gasteiger partial charge >= 0.3 is 0 Å². The fourth-order valence-corrected chi connectivity index (χ4v) is 2.58. The van der Waals surface area contributed by atoms with Gasteiger partial charge in [-0.1, -0.05) is 12.2 Å². The largest absolute Gasteiger partial charge is 0.396 e. The summed E-state index contributed by atoms with van der Waals surface area (Å²) in [4.78, 5) is 1.93. The van der Waals surface area contributed by atoms with Crippen molar-refractivity contribution in [2.45, 2.75) is 19.0 Å². The fraction of sp³-hybridized carbons (Fsp3) is 0.417. The highest BCUT2D eigenvalue weighted by atomic mass is 32.1. The maximum atomic E-state index is 8.99. The zero-order valence-electron chi connectivity index (χ0n) is 8.89. The minimum absolute atomic E-state index is 0.228. The molecule has 0 fully saturated rings. The topological polar surface area (TPSA) is 56.0 Å². The maximum absolute atomic E-state index is 8.99. The molecule has 0 radical (unpaired) electrons. The third kappa shape index (κ3) is 2.70. The molecular formula is C12H14N2OS. The molecule has 0 aromatic carbocycles. The van der Waals surface area contributed by atoms with Crippen LogP contribution in [0.1, 0.15) is 16.2 Å². The molecule has 4 heteroatoms. The van der Waals surface area contributed by atoms with Gasteiger partial charge in [-0.05, 0) is 18.6 Å². The van der Waals surface area contributed by atoms with Crippen LogP contribution in [0.2, 0.25) is 0 Å². The molecule has 1 aliphatic carbocycles. The number of nitriles is 1. The van der Waals surface area contributed by atoms with Gasteiger partial charge in [-0.3, -0.25) is 0 Å². The summed E-state index contributed by atoms with van der Waals surface area (Å²) in [7, 11) is 0. The number of aliphatic hydroxyl groups excluding tert-OH is 1. The van der Waals surface area contributed by atoms with Crippen LogP contribution in [0, 0.1) is 17.2 Å². The van der Waals surface area contributed by atoms with Crippen LogP contribution in [0.15, 0.2) is 24.3 Å². The van der Waals surface area contributed by atoms with E-state index in [2.05, 4.69) is 23.5 Å². The van der Waals surface area contributed by atoms with E-state index in [1.165, 1.54) is 16.2 Å². The Morgan fingerprint density at radius 3 is 3.00 bits per heavy atom. The van der Waals surface area contributed by atoms with Gasteiger partial charge in [0.05, 0.1) is 0 Å². The lowest BCUT2D eigenvalue weighted by atomic mass is 10.1. The van der Waals surface area contributed by atoms with Crippen LogP contribution < -0.4 is 5.32 Å². The summed E-state index contributed by atoms with van der Waals surface area (Å²) in [5.74, 6) is 0.301. The summed E-state index contributed by atoms with van der Waals surface area (Å²) in [5.41, 5.74) is 0. The van der Waals surface area contributed by atoms with Crippen molar-refractivity contribution in [3.8, 4) is 6.07 Å². The SMILES string of the molecule is N#Cc1ccc(CN[C@@H]2C=C[C@H](CO)C2)s1. The van der Waals surface area contributed by atoms with Crippen molar-refractivity contribution in [3.05, 3.63) is 34.0 Å². The third-order valence-corrected chi connectivity index (χ3v) is 3.71. The lowest BCUT2D eigenvalue weighted by Gasteiger charge is -2.11. The van der Waals surface area contributed by atoms with Crippen LogP contribution >= 0.6 is 11.3 Å². The monoisotopic (exact) mass is 234 g/mol. The first kappa shape index (κ1) is 11.3. The second kappa shape index (κ2) is 5.26. The normalized spacial score (nSPS) is 23.5. The summed E-state index contributed by atoms with van der Waals surface area (Å²) in [6.45, 7) is 1.02. The van der Waals surface area contributed by atoms with E-state index in [9.17, 15) is 0 Å². The molecule has 1 aromatic rings. The molecule has 0 bridgehead atoms. The van der Waals surface area contributed by atoms with Crippen LogP contribution in [0.5, 0.6) is 0 Å². The number of rotatable bonds is 4. The zero-order chi connectivity index (χ0) is 11.4. The molecule has 1 aromatic heterocycles. The lowest BCUT2D eigenvalue weighted by Crippen LogP contribution is -2.25. The average Bonchev–Trinajstić information content (AvgIpc) is 2.95. The average molecular weight is 234 g/mol. The van der Waals surface area contributed by atoms with Gasteiger partial charge in [-0.25, -0.2) is 0 Å². The van der Waals surface area contributed by atoms with E-state index in [0.717, 1.165) is 17.8 Å². The fourth-order valence-electron chi connectivity index (χ4n) is 1.83. The zero-order valence-corrected chi connectivity index (χ0v) is 9.70. The number of thiophene rings is 1. The molecule has 2 N–H and O–H groups in total. The third-order valence-electron chi connectivity index (χ3n) is 2.72. The van der Waals surface area contributed by atoms with Crippen LogP contribution in [0.25, 0.3) is 0 Å². The summed E-state index contributed by atoms with van der Waals surface area (Å²) < 4.78 is 0. The predicted molar refractivity (Wildman–Crippen MR) is 64.0 cm³/mol. The van der Waals surface area contributed by atoms with Gasteiger partial charge in [0.15, 0.2) is 0 Å². The Bertz CT molecular complexity index is 419. The van der Waals surface area contributed by atoms with E-state index in [1.54, 1.807) is 0 Å². The molecule has 16 heavy (non-hydrogen) atoms. The number of aliphatic hydroxyl groups is 1. The minimum atomic E-state index is 0.228. The molecule has 0 saturated heterocycles. The van der Waals surface area contributed by atoms with Crippen molar-refractivity contribution < 1.29 is 5.11 Å². The first-order chi connectivity index (χ1) is 7.81. The summed E-state index contributed by atoms with van der Waals surface area (Å²) in [6, 6.07) is 6.32. The molecular weight excluding hydrogens is 220 g/mol. The van der Waals surface area contributed by atoms with Crippen molar-refractivity contribution in [3.63, 3.8) is 0 Å². The first-order valence-electron chi connectivity index (χ1n) is 5.33. The van der Waals surface area contributed by atoms with E-state index in [1.807, 2.05) is 12.1 Å². The molecule has 0 unspecified atom stereocenters. The molecule has 2 atom stereocenters. The standard InChI is InChI=1S/C12H14N2OS/c13-6-11-3-4-12(16-11)7-14-10-2-1-9(5-10)8-15/h1-4,9-10,14-15H,5,7-8H2/t9-,10+/m0/s1. The Labute approximate surface area is 99.0 Å².